The molecule has 1 aromatic rings. The fourth-order valence-electron chi connectivity index (χ4n) is 1.33. The Morgan fingerprint density at radius 3 is 2.62 bits per heavy atom. The van der Waals surface area contributed by atoms with Gasteiger partial charge in [-0.15, -0.1) is 13.2 Å². The average Bonchev–Trinajstić information content (AvgIpc) is 2.42. The van der Waals surface area contributed by atoms with Gasteiger partial charge in [-0.05, 0) is 12.1 Å². The molecular formula is C9H5F3NO3+. The van der Waals surface area contributed by atoms with Gasteiger partial charge in [-0.1, -0.05) is 0 Å². The van der Waals surface area contributed by atoms with E-state index in [9.17, 15) is 18.0 Å². The molecule has 0 bridgehead atoms. The number of ether oxygens (including phenoxy) is 1. The summed E-state index contributed by atoms with van der Waals surface area (Å²) < 4.78 is 39.3. The van der Waals surface area contributed by atoms with Gasteiger partial charge >= 0.3 is 18.0 Å². The zero-order valence-electron chi connectivity index (χ0n) is 7.63. The minimum Gasteiger partial charge on any atom is -0.457 e. The fraction of sp³-hybridized carbons (Fsp3) is 0.111. The number of nitrogens with one attached hydrogen (secondary N) is 1. The third-order valence-corrected chi connectivity index (χ3v) is 1.94. The molecule has 0 atom stereocenters. The first-order valence-corrected chi connectivity index (χ1v) is 4.14. The van der Waals surface area contributed by atoms with E-state index in [1.54, 1.807) is 0 Å². The quantitative estimate of drug-likeness (QED) is 0.739. The summed E-state index contributed by atoms with van der Waals surface area (Å²) in [4.78, 5) is 13.6. The van der Waals surface area contributed by atoms with Crippen LogP contribution >= 0.6 is 0 Å². The molecule has 2 rings (SSSR count). The van der Waals surface area contributed by atoms with Crippen molar-refractivity contribution in [3.63, 3.8) is 0 Å². The molecule has 2 N–H and O–H groups in total. The van der Waals surface area contributed by atoms with Gasteiger partial charge in [0.2, 0.25) is 5.69 Å². The second kappa shape index (κ2) is 3.22. The number of fused-ring (bicyclic) bond motifs is 1. The first-order chi connectivity index (χ1) is 7.37. The van der Waals surface area contributed by atoms with E-state index in [0.717, 1.165) is 12.1 Å². The van der Waals surface area contributed by atoms with Crippen LogP contribution in [0.25, 0.3) is 0 Å². The van der Waals surface area contributed by atoms with Gasteiger partial charge in [0.15, 0.2) is 0 Å². The third kappa shape index (κ3) is 1.83. The maximum Gasteiger partial charge on any atom is 0.573 e. The van der Waals surface area contributed by atoms with Crippen molar-refractivity contribution in [3.05, 3.63) is 23.8 Å². The van der Waals surface area contributed by atoms with Gasteiger partial charge in [-0.25, -0.2) is 0 Å². The standard InChI is InChI=1S/C9H4F3NO3/c10-9(11,12)16-4-1-2-6-5(3-4)7(14)8(15)13-6/h1-3H,(H,13,14,15)/p+1. The summed E-state index contributed by atoms with van der Waals surface area (Å²) >= 11 is 0. The molecule has 0 saturated carbocycles. The van der Waals surface area contributed by atoms with Crippen LogP contribution in [-0.4, -0.2) is 23.1 Å². The number of hydrogen-bond donors (Lipinski definition) is 2. The molecule has 0 aromatic heterocycles. The van der Waals surface area contributed by atoms with Crippen molar-refractivity contribution >= 4 is 17.4 Å². The Balaban J connectivity index is 2.34. The fourth-order valence-corrected chi connectivity index (χ4v) is 1.33. The number of alkyl halides is 3. The predicted octanol–water partition coefficient (Wildman–Crippen LogP) is 0.450. The number of carbonyl (C=O) groups is 1. The van der Waals surface area contributed by atoms with E-state index in [-0.39, 0.29) is 11.3 Å². The van der Waals surface area contributed by atoms with Crippen LogP contribution in [0, 0.1) is 0 Å². The molecule has 16 heavy (non-hydrogen) atoms. The van der Waals surface area contributed by atoms with Crippen LogP contribution in [0.5, 0.6) is 5.75 Å². The van der Waals surface area contributed by atoms with Crippen molar-refractivity contribution in [1.29, 1.82) is 0 Å². The molecule has 7 heteroatoms. The van der Waals surface area contributed by atoms with Crippen LogP contribution in [0.4, 0.5) is 18.9 Å². The molecule has 0 amide bonds. The van der Waals surface area contributed by atoms with Gasteiger partial charge in [-0.2, -0.15) is 4.99 Å². The van der Waals surface area contributed by atoms with Crippen molar-refractivity contribution < 1.29 is 32.8 Å². The molecule has 1 heterocycles. The van der Waals surface area contributed by atoms with Gasteiger partial charge in [0.1, 0.15) is 11.3 Å². The van der Waals surface area contributed by atoms with Crippen molar-refractivity contribution in [3.8, 4) is 5.75 Å². The van der Waals surface area contributed by atoms with E-state index in [1.807, 2.05) is 0 Å². The molecule has 1 aromatic carbocycles. The highest BCUT2D eigenvalue weighted by atomic mass is 19.4. The highest BCUT2D eigenvalue weighted by Crippen LogP contribution is 2.26. The minimum atomic E-state index is -4.81. The number of rotatable bonds is 1. The highest BCUT2D eigenvalue weighted by molar-refractivity contribution is 6.42. The third-order valence-electron chi connectivity index (χ3n) is 1.94. The number of halogens is 3. The number of benzene rings is 1. The summed E-state index contributed by atoms with van der Waals surface area (Å²) in [6.07, 6.45) is -4.81. The highest BCUT2D eigenvalue weighted by Gasteiger charge is 2.35. The first kappa shape index (κ1) is 10.5. The second-order valence-corrected chi connectivity index (χ2v) is 3.06. The van der Waals surface area contributed by atoms with E-state index < -0.39 is 23.8 Å². The van der Waals surface area contributed by atoms with Crippen LogP contribution in [-0.2, 0) is 0 Å². The Morgan fingerprint density at radius 2 is 2.00 bits per heavy atom. The lowest BCUT2D eigenvalue weighted by atomic mass is 10.1. The molecule has 0 unspecified atom stereocenters. The number of hydrogen-bond acceptors (Lipinski definition) is 2. The molecule has 0 aliphatic carbocycles. The Bertz CT molecular complexity index is 493. The number of aliphatic hydroxyl groups excluding tert-OH is 1. The maximum atomic E-state index is 11.9. The zero-order valence-corrected chi connectivity index (χ0v) is 7.63. The molecule has 0 radical (unpaired) electrons. The van der Waals surface area contributed by atoms with Crippen LogP contribution in [0.3, 0.4) is 0 Å². The SMILES string of the molecule is O=C1C(O)=[NH+]c2ccc(OC(F)(F)F)cc21. The van der Waals surface area contributed by atoms with E-state index in [0.29, 0.717) is 0 Å². The Hall–Kier alpha value is -2.05. The van der Waals surface area contributed by atoms with Gasteiger partial charge in [0.05, 0.1) is 0 Å². The van der Waals surface area contributed by atoms with E-state index in [1.165, 1.54) is 6.07 Å². The van der Waals surface area contributed by atoms with Crippen molar-refractivity contribution in [2.75, 3.05) is 0 Å². The molecular weight excluding hydrogens is 227 g/mol. The molecule has 0 fully saturated rings. The summed E-state index contributed by atoms with van der Waals surface area (Å²) in [6.45, 7) is 0. The molecule has 0 saturated heterocycles. The topological polar surface area (TPSA) is 60.5 Å². The maximum absolute atomic E-state index is 11.9. The lowest BCUT2D eigenvalue weighted by Crippen LogP contribution is -2.64. The predicted molar refractivity (Wildman–Crippen MR) is 45.7 cm³/mol. The van der Waals surface area contributed by atoms with E-state index >= 15 is 0 Å². The van der Waals surface area contributed by atoms with Gasteiger partial charge < -0.3 is 9.84 Å². The summed E-state index contributed by atoms with van der Waals surface area (Å²) in [5.41, 5.74) is 0.191. The normalized spacial score (nSPS) is 14.7. The van der Waals surface area contributed by atoms with Gasteiger partial charge in [-0.3, -0.25) is 4.79 Å². The second-order valence-electron chi connectivity index (χ2n) is 3.06. The number of carbonyl (C=O) groups excluding carboxylic acids is 1. The summed E-state index contributed by atoms with van der Waals surface area (Å²) in [7, 11) is 0. The number of aliphatic hydroxyl groups is 1. The number of ketones is 1. The number of Topliss-reactive ketones (excluding diaryl/α,β-unsaturated/α-hetero) is 1. The molecule has 1 aliphatic rings. The van der Waals surface area contributed by atoms with E-state index in [4.69, 9.17) is 5.11 Å². The van der Waals surface area contributed by atoms with Crippen molar-refractivity contribution in [2.24, 2.45) is 0 Å². The minimum absolute atomic E-state index is 0.0562. The molecule has 84 valence electrons. The Kier molecular flexibility index (Phi) is 2.11. The Labute approximate surface area is 87.0 Å². The Morgan fingerprint density at radius 1 is 1.31 bits per heavy atom. The smallest absolute Gasteiger partial charge is 0.457 e. The summed E-state index contributed by atoms with van der Waals surface area (Å²) in [5.74, 6) is -1.88. The van der Waals surface area contributed by atoms with Crippen LogP contribution < -0.4 is 9.73 Å². The van der Waals surface area contributed by atoms with Gasteiger partial charge in [0, 0.05) is 6.07 Å². The average molecular weight is 232 g/mol. The van der Waals surface area contributed by atoms with Crippen LogP contribution in [0.1, 0.15) is 10.4 Å². The molecule has 1 aliphatic heterocycles. The van der Waals surface area contributed by atoms with Gasteiger partial charge in [0.25, 0.3) is 0 Å². The zero-order chi connectivity index (χ0) is 11.9. The summed E-state index contributed by atoms with van der Waals surface area (Å²) in [6, 6.07) is 3.18. The van der Waals surface area contributed by atoms with Crippen LogP contribution in [0.15, 0.2) is 18.2 Å². The van der Waals surface area contributed by atoms with Crippen molar-refractivity contribution in [2.45, 2.75) is 6.36 Å². The lowest BCUT2D eigenvalue weighted by Gasteiger charge is -2.08. The van der Waals surface area contributed by atoms with E-state index in [2.05, 4.69) is 9.73 Å². The summed E-state index contributed by atoms with van der Waals surface area (Å²) in [5, 5.41) is 9.04. The van der Waals surface area contributed by atoms with Crippen molar-refractivity contribution in [1.82, 2.24) is 0 Å². The molecule has 0 spiro atoms. The lowest BCUT2D eigenvalue weighted by molar-refractivity contribution is -0.359. The molecule has 4 nitrogen and oxygen atoms in total. The van der Waals surface area contributed by atoms with Crippen LogP contribution in [0.2, 0.25) is 0 Å². The largest absolute Gasteiger partial charge is 0.573 e. The monoisotopic (exact) mass is 232 g/mol. The first-order valence-electron chi connectivity index (χ1n) is 4.14.